The second-order valence-electron chi connectivity index (χ2n) is 13.2. The minimum Gasteiger partial charge on any atom is -0.722 e. The van der Waals surface area contributed by atoms with Crippen LogP contribution < -0.4 is 20.0 Å². The normalized spacial score (nSPS) is 11.5. The van der Waals surface area contributed by atoms with E-state index in [9.17, 15) is 10.5 Å². The van der Waals surface area contributed by atoms with Crippen molar-refractivity contribution in [2.24, 2.45) is 0 Å². The fourth-order valence-electron chi connectivity index (χ4n) is 4.95. The molecule has 2 aromatic rings. The Morgan fingerprint density at radius 3 is 0.981 bits per heavy atom. The number of benzene rings is 2. The first-order valence-corrected chi connectivity index (χ1v) is 19.8. The van der Waals surface area contributed by atoms with Crippen molar-refractivity contribution in [2.75, 3.05) is 66.1 Å². The Hall–Kier alpha value is -1.40. The molecule has 302 valence electrons. The SMILES string of the molecule is CCCCOCC(COCCCC)(O[O-])c1cccc(OCCCC)c1.CCCCOCC(COCCCC)(O[O-])c1cccc(OCCCC)c1.[Zr+2]. The van der Waals surface area contributed by atoms with Crippen LogP contribution in [0.4, 0.5) is 0 Å². The van der Waals surface area contributed by atoms with Gasteiger partial charge in [-0.15, -0.1) is 0 Å². The van der Waals surface area contributed by atoms with Crippen LogP contribution in [0.5, 0.6) is 11.5 Å². The van der Waals surface area contributed by atoms with Gasteiger partial charge in [-0.1, -0.05) is 104 Å². The van der Waals surface area contributed by atoms with Gasteiger partial charge in [0, 0.05) is 26.4 Å². The van der Waals surface area contributed by atoms with Crippen LogP contribution in [0.15, 0.2) is 48.5 Å². The molecule has 10 nitrogen and oxygen atoms in total. The van der Waals surface area contributed by atoms with Gasteiger partial charge in [-0.2, -0.15) is 0 Å². The molecule has 0 heterocycles. The number of hydrogen-bond acceptors (Lipinski definition) is 10. The van der Waals surface area contributed by atoms with Crippen LogP contribution >= 0.6 is 0 Å². The molecule has 11 heteroatoms. The smallest absolute Gasteiger partial charge is 0.722 e. The predicted octanol–water partition coefficient (Wildman–Crippen LogP) is 7.97. The van der Waals surface area contributed by atoms with Crippen molar-refractivity contribution in [3.8, 4) is 11.5 Å². The minimum absolute atomic E-state index is 0. The van der Waals surface area contributed by atoms with Crippen LogP contribution in [0, 0.1) is 0 Å². The van der Waals surface area contributed by atoms with Gasteiger partial charge in [0.25, 0.3) is 0 Å². The van der Waals surface area contributed by atoms with Crippen LogP contribution in [-0.2, 0) is 66.1 Å². The average molecular weight is 826 g/mol. The third-order valence-electron chi connectivity index (χ3n) is 8.48. The van der Waals surface area contributed by atoms with Crippen LogP contribution in [0.3, 0.4) is 0 Å². The van der Waals surface area contributed by atoms with Crippen molar-refractivity contribution in [1.29, 1.82) is 0 Å². The summed E-state index contributed by atoms with van der Waals surface area (Å²) in [6.45, 7) is 17.0. The number of unbranched alkanes of at least 4 members (excludes halogenated alkanes) is 6. The van der Waals surface area contributed by atoms with E-state index in [0.717, 1.165) is 99.7 Å². The fraction of sp³-hybridized carbons (Fsp3) is 0.714. The van der Waals surface area contributed by atoms with Crippen LogP contribution in [0.25, 0.3) is 0 Å². The first kappa shape index (κ1) is 51.6. The minimum atomic E-state index is -1.16. The van der Waals surface area contributed by atoms with Gasteiger partial charge in [-0.3, -0.25) is 0 Å². The Morgan fingerprint density at radius 2 is 0.717 bits per heavy atom. The maximum absolute atomic E-state index is 11.8. The van der Waals surface area contributed by atoms with Gasteiger partial charge in [0.1, 0.15) is 22.7 Å². The van der Waals surface area contributed by atoms with E-state index < -0.39 is 11.2 Å². The van der Waals surface area contributed by atoms with E-state index in [1.54, 1.807) is 0 Å². The van der Waals surface area contributed by atoms with Gasteiger partial charge in [0.2, 0.25) is 0 Å². The number of hydrogen-bond donors (Lipinski definition) is 0. The first-order valence-electron chi connectivity index (χ1n) is 19.8. The van der Waals surface area contributed by atoms with E-state index in [4.69, 9.17) is 38.2 Å². The maximum Gasteiger partial charge on any atom is 2.00 e. The molecular formula is C42H70O10Zr. The Balaban J connectivity index is 0.00000100. The largest absolute Gasteiger partial charge is 2.00 e. The molecule has 0 fully saturated rings. The van der Waals surface area contributed by atoms with E-state index in [2.05, 4.69) is 41.5 Å². The molecular weight excluding hydrogens is 756 g/mol. The van der Waals surface area contributed by atoms with Gasteiger partial charge in [-0.25, -0.2) is 0 Å². The van der Waals surface area contributed by atoms with E-state index in [1.165, 1.54) is 0 Å². The molecule has 0 radical (unpaired) electrons. The average Bonchev–Trinajstić information content (AvgIpc) is 3.18. The van der Waals surface area contributed by atoms with Crippen molar-refractivity contribution in [2.45, 2.75) is 130 Å². The molecule has 0 N–H and O–H groups in total. The molecule has 2 aromatic carbocycles. The van der Waals surface area contributed by atoms with E-state index in [1.807, 2.05) is 48.5 Å². The molecule has 0 saturated heterocycles. The zero-order chi connectivity index (χ0) is 38.2. The Kier molecular flexibility index (Phi) is 33.0. The van der Waals surface area contributed by atoms with E-state index >= 15 is 0 Å². The molecule has 0 amide bonds. The molecule has 0 aliphatic carbocycles. The van der Waals surface area contributed by atoms with Crippen molar-refractivity contribution >= 4 is 0 Å². The summed E-state index contributed by atoms with van der Waals surface area (Å²) in [6.07, 6.45) is 12.1. The summed E-state index contributed by atoms with van der Waals surface area (Å²) in [5, 5.41) is 23.5. The van der Waals surface area contributed by atoms with Gasteiger partial charge >= 0.3 is 26.2 Å². The summed E-state index contributed by atoms with van der Waals surface area (Å²) in [5.41, 5.74) is -0.860. The maximum atomic E-state index is 11.8. The van der Waals surface area contributed by atoms with Crippen LogP contribution in [0.1, 0.15) is 130 Å². The van der Waals surface area contributed by atoms with Crippen molar-refractivity contribution in [3.63, 3.8) is 0 Å². The first-order chi connectivity index (χ1) is 25.4. The Morgan fingerprint density at radius 1 is 0.434 bits per heavy atom. The third kappa shape index (κ3) is 21.5. The van der Waals surface area contributed by atoms with E-state index in [-0.39, 0.29) is 52.6 Å². The molecule has 0 aromatic heterocycles. The number of rotatable bonds is 32. The summed E-state index contributed by atoms with van der Waals surface area (Å²) in [6, 6.07) is 15.0. The molecule has 0 spiro atoms. The quantitative estimate of drug-likeness (QED) is 0.0408. The standard InChI is InChI=1S/2C21H36O5.Zr/c2*1-4-7-13-23-17-21(26-22,18-24-14-8-5-2)19-11-10-12-20(16-19)25-15-9-6-3;/h2*10-12,16,22H,4-9,13-15,17-18H2,1-3H3;/q;;+2/p-2. The summed E-state index contributed by atoms with van der Waals surface area (Å²) in [4.78, 5) is 9.42. The Labute approximate surface area is 340 Å². The summed E-state index contributed by atoms with van der Waals surface area (Å²) >= 11 is 0. The Bertz CT molecular complexity index is 996. The van der Waals surface area contributed by atoms with Crippen LogP contribution in [0.2, 0.25) is 0 Å². The van der Waals surface area contributed by atoms with Crippen molar-refractivity contribution < 1.29 is 74.9 Å². The zero-order valence-corrected chi connectivity index (χ0v) is 36.2. The van der Waals surface area contributed by atoms with Gasteiger partial charge < -0.3 is 48.7 Å². The summed E-state index contributed by atoms with van der Waals surface area (Å²) in [7, 11) is 0. The zero-order valence-electron chi connectivity index (χ0n) is 33.8. The fourth-order valence-corrected chi connectivity index (χ4v) is 4.95. The molecule has 0 bridgehead atoms. The summed E-state index contributed by atoms with van der Waals surface area (Å²) < 4.78 is 34.5. The third-order valence-corrected chi connectivity index (χ3v) is 8.48. The molecule has 0 unspecified atom stereocenters. The molecule has 0 aliphatic heterocycles. The summed E-state index contributed by atoms with van der Waals surface area (Å²) in [5.74, 6) is 1.47. The molecule has 0 atom stereocenters. The topological polar surface area (TPSA) is 120 Å². The van der Waals surface area contributed by atoms with Crippen molar-refractivity contribution in [1.82, 2.24) is 0 Å². The number of ether oxygens (including phenoxy) is 6. The van der Waals surface area contributed by atoms with Gasteiger partial charge in [0.05, 0.1) is 39.6 Å². The van der Waals surface area contributed by atoms with Crippen molar-refractivity contribution in [3.05, 3.63) is 59.7 Å². The molecule has 2 rings (SSSR count). The second-order valence-corrected chi connectivity index (χ2v) is 13.2. The second kappa shape index (κ2) is 33.9. The van der Waals surface area contributed by atoms with E-state index in [0.29, 0.717) is 39.6 Å². The van der Waals surface area contributed by atoms with Gasteiger partial charge in [-0.05, 0) is 73.9 Å². The molecule has 0 aliphatic rings. The monoisotopic (exact) mass is 824 g/mol. The molecule has 53 heavy (non-hydrogen) atoms. The van der Waals surface area contributed by atoms with Crippen LogP contribution in [-0.4, -0.2) is 66.1 Å². The molecule has 0 saturated carbocycles. The van der Waals surface area contributed by atoms with Gasteiger partial charge in [0.15, 0.2) is 0 Å². The predicted molar refractivity (Wildman–Crippen MR) is 202 cm³/mol.